The minimum atomic E-state index is -0.931. The van der Waals surface area contributed by atoms with E-state index >= 15 is 0 Å². The summed E-state index contributed by atoms with van der Waals surface area (Å²) in [6, 6.07) is 17.0. The maximum atomic E-state index is 11.3. The van der Waals surface area contributed by atoms with Gasteiger partial charge in [-0.15, -0.1) is 0 Å². The summed E-state index contributed by atoms with van der Waals surface area (Å²) in [7, 11) is 0. The van der Waals surface area contributed by atoms with Gasteiger partial charge in [0.25, 0.3) is 0 Å². The molecule has 0 spiro atoms. The van der Waals surface area contributed by atoms with Gasteiger partial charge in [0.2, 0.25) is 0 Å². The third-order valence-electron chi connectivity index (χ3n) is 4.83. The van der Waals surface area contributed by atoms with Gasteiger partial charge in [0, 0.05) is 31.9 Å². The van der Waals surface area contributed by atoms with E-state index in [4.69, 9.17) is 4.99 Å². The Hall–Kier alpha value is -2.86. The number of benzene rings is 2. The Morgan fingerprint density at radius 2 is 1.82 bits per heavy atom. The van der Waals surface area contributed by atoms with E-state index in [1.165, 1.54) is 0 Å². The van der Waals surface area contributed by atoms with E-state index in [1.807, 2.05) is 24.3 Å². The molecular weight excluding hydrogens is 352 g/mol. The van der Waals surface area contributed by atoms with Gasteiger partial charge in [0.1, 0.15) is 0 Å². The van der Waals surface area contributed by atoms with Gasteiger partial charge in [-0.2, -0.15) is 0 Å². The lowest BCUT2D eigenvalue weighted by atomic mass is 10.2. The lowest BCUT2D eigenvalue weighted by molar-refractivity contribution is 0.0697. The third-order valence-corrected chi connectivity index (χ3v) is 4.83. The summed E-state index contributed by atoms with van der Waals surface area (Å²) in [5.41, 5.74) is 2.15. The lowest BCUT2D eigenvalue weighted by Gasteiger charge is -2.36. The normalized spacial score (nSPS) is 15.5. The minimum Gasteiger partial charge on any atom is -0.478 e. The lowest BCUT2D eigenvalue weighted by Crippen LogP contribution is -2.50. The molecule has 1 heterocycles. The highest BCUT2D eigenvalue weighted by molar-refractivity contribution is 5.95. The first-order chi connectivity index (χ1) is 13.7. The van der Waals surface area contributed by atoms with E-state index in [2.05, 4.69) is 34.2 Å². The number of nitrogens with one attached hydrogen (secondary N) is 1. The van der Waals surface area contributed by atoms with Crippen molar-refractivity contribution < 1.29 is 9.90 Å². The maximum absolute atomic E-state index is 11.3. The molecule has 0 aromatic heterocycles. The SMILES string of the molecule is CCCN1CCN(C(=NCc2ccccc2)Nc2cccc(C(=O)O)c2)CC1. The Bertz CT molecular complexity index is 799. The standard InChI is InChI=1S/C22H28N4O2/c1-2-11-25-12-14-26(15-13-25)22(23-17-18-7-4-3-5-8-18)24-20-10-6-9-19(16-20)21(27)28/h3-10,16H,2,11-15,17H2,1H3,(H,23,24)(H,27,28). The molecule has 0 radical (unpaired) electrons. The Morgan fingerprint density at radius 1 is 1.07 bits per heavy atom. The van der Waals surface area contributed by atoms with Crippen LogP contribution in [0.15, 0.2) is 59.6 Å². The molecule has 6 nitrogen and oxygen atoms in total. The first-order valence-corrected chi connectivity index (χ1v) is 9.82. The summed E-state index contributed by atoms with van der Waals surface area (Å²) < 4.78 is 0. The molecule has 0 atom stereocenters. The van der Waals surface area contributed by atoms with Gasteiger partial charge >= 0.3 is 5.97 Å². The number of carboxylic acids is 1. The zero-order valence-electron chi connectivity index (χ0n) is 16.3. The largest absolute Gasteiger partial charge is 0.478 e. The van der Waals surface area contributed by atoms with E-state index in [1.54, 1.807) is 18.2 Å². The fourth-order valence-corrected chi connectivity index (χ4v) is 3.33. The number of anilines is 1. The number of aliphatic imine (C=N–C) groups is 1. The molecule has 0 amide bonds. The van der Waals surface area contributed by atoms with Crippen molar-refractivity contribution in [2.45, 2.75) is 19.9 Å². The molecule has 3 rings (SSSR count). The summed E-state index contributed by atoms with van der Waals surface area (Å²) in [6.07, 6.45) is 1.16. The van der Waals surface area contributed by atoms with Gasteiger partial charge in [-0.3, -0.25) is 4.90 Å². The van der Waals surface area contributed by atoms with Gasteiger partial charge in [-0.25, -0.2) is 9.79 Å². The highest BCUT2D eigenvalue weighted by atomic mass is 16.4. The molecular formula is C22H28N4O2. The highest BCUT2D eigenvalue weighted by Crippen LogP contribution is 2.14. The molecule has 2 aromatic carbocycles. The van der Waals surface area contributed by atoms with E-state index < -0.39 is 5.97 Å². The van der Waals surface area contributed by atoms with Crippen LogP contribution in [0.5, 0.6) is 0 Å². The van der Waals surface area contributed by atoms with Gasteiger partial charge in [-0.05, 0) is 36.7 Å². The zero-order valence-corrected chi connectivity index (χ0v) is 16.3. The van der Waals surface area contributed by atoms with E-state index in [0.29, 0.717) is 6.54 Å². The smallest absolute Gasteiger partial charge is 0.335 e. The summed E-state index contributed by atoms with van der Waals surface area (Å²) in [5, 5.41) is 12.6. The number of aromatic carboxylic acids is 1. The van der Waals surface area contributed by atoms with Crippen LogP contribution in [-0.4, -0.2) is 59.6 Å². The fraction of sp³-hybridized carbons (Fsp3) is 0.364. The zero-order chi connectivity index (χ0) is 19.8. The summed E-state index contributed by atoms with van der Waals surface area (Å²) in [6.45, 7) is 7.73. The summed E-state index contributed by atoms with van der Waals surface area (Å²) >= 11 is 0. The van der Waals surface area contributed by atoms with Crippen LogP contribution in [0.1, 0.15) is 29.3 Å². The molecule has 2 N–H and O–H groups in total. The number of rotatable bonds is 6. The van der Waals surface area contributed by atoms with Crippen LogP contribution in [0.3, 0.4) is 0 Å². The molecule has 1 fully saturated rings. The van der Waals surface area contributed by atoms with Crippen LogP contribution in [0.2, 0.25) is 0 Å². The first kappa shape index (κ1) is 19.9. The van der Waals surface area contributed by atoms with Crippen molar-refractivity contribution in [3.63, 3.8) is 0 Å². The Labute approximate surface area is 166 Å². The first-order valence-electron chi connectivity index (χ1n) is 9.82. The van der Waals surface area contributed by atoms with Crippen LogP contribution in [0, 0.1) is 0 Å². The second-order valence-electron chi connectivity index (χ2n) is 6.97. The maximum Gasteiger partial charge on any atom is 0.335 e. The van der Waals surface area contributed by atoms with Crippen molar-refractivity contribution in [2.75, 3.05) is 38.0 Å². The molecule has 0 saturated carbocycles. The van der Waals surface area contributed by atoms with Crippen LogP contribution < -0.4 is 5.32 Å². The van der Waals surface area contributed by atoms with Crippen LogP contribution >= 0.6 is 0 Å². The second kappa shape index (κ2) is 9.90. The number of guanidine groups is 1. The summed E-state index contributed by atoms with van der Waals surface area (Å²) in [4.78, 5) is 20.8. The molecule has 28 heavy (non-hydrogen) atoms. The van der Waals surface area contributed by atoms with Gasteiger partial charge in [0.15, 0.2) is 5.96 Å². The van der Waals surface area contributed by atoms with Gasteiger partial charge < -0.3 is 15.3 Å². The molecule has 6 heteroatoms. The van der Waals surface area contributed by atoms with Crippen molar-refractivity contribution in [1.29, 1.82) is 0 Å². The third kappa shape index (κ3) is 5.57. The molecule has 1 saturated heterocycles. The fourth-order valence-electron chi connectivity index (χ4n) is 3.33. The monoisotopic (exact) mass is 380 g/mol. The number of carbonyl (C=O) groups is 1. The number of piperazine rings is 1. The van der Waals surface area contributed by atoms with Crippen molar-refractivity contribution in [3.8, 4) is 0 Å². The average Bonchev–Trinajstić information content (AvgIpc) is 2.73. The molecule has 0 bridgehead atoms. The van der Waals surface area contributed by atoms with E-state index in [0.717, 1.165) is 56.4 Å². The van der Waals surface area contributed by atoms with Crippen molar-refractivity contribution in [3.05, 3.63) is 65.7 Å². The molecule has 148 valence electrons. The predicted molar refractivity (Wildman–Crippen MR) is 113 cm³/mol. The topological polar surface area (TPSA) is 68.2 Å². The van der Waals surface area contributed by atoms with Crippen molar-refractivity contribution >= 4 is 17.6 Å². The van der Waals surface area contributed by atoms with Crippen LogP contribution in [-0.2, 0) is 6.54 Å². The molecule has 0 aliphatic carbocycles. The molecule has 0 unspecified atom stereocenters. The predicted octanol–water partition coefficient (Wildman–Crippen LogP) is 3.38. The van der Waals surface area contributed by atoms with Crippen LogP contribution in [0.25, 0.3) is 0 Å². The summed E-state index contributed by atoms with van der Waals surface area (Å²) in [5.74, 6) is -0.137. The van der Waals surface area contributed by atoms with E-state index in [-0.39, 0.29) is 5.56 Å². The minimum absolute atomic E-state index is 0.264. The number of hydrogen-bond donors (Lipinski definition) is 2. The molecule has 1 aliphatic rings. The Kier molecular flexibility index (Phi) is 7.03. The highest BCUT2D eigenvalue weighted by Gasteiger charge is 2.19. The van der Waals surface area contributed by atoms with Gasteiger partial charge in [0.05, 0.1) is 12.1 Å². The van der Waals surface area contributed by atoms with Gasteiger partial charge in [-0.1, -0.05) is 43.3 Å². The van der Waals surface area contributed by atoms with E-state index in [9.17, 15) is 9.90 Å². The quantitative estimate of drug-likeness (QED) is 0.594. The number of nitrogens with zero attached hydrogens (tertiary/aromatic N) is 3. The molecule has 2 aromatic rings. The number of hydrogen-bond acceptors (Lipinski definition) is 3. The van der Waals surface area contributed by atoms with Crippen LogP contribution in [0.4, 0.5) is 5.69 Å². The Balaban J connectivity index is 1.76. The van der Waals surface area contributed by atoms with Crippen molar-refractivity contribution in [1.82, 2.24) is 9.80 Å². The molecule has 1 aliphatic heterocycles. The van der Waals surface area contributed by atoms with Crippen molar-refractivity contribution in [2.24, 2.45) is 4.99 Å². The Morgan fingerprint density at radius 3 is 2.50 bits per heavy atom. The second-order valence-corrected chi connectivity index (χ2v) is 6.97. The number of carboxylic acid groups (broad SMARTS) is 1. The average molecular weight is 380 g/mol.